The summed E-state index contributed by atoms with van der Waals surface area (Å²) in [5.74, 6) is 0. The SMILES string of the molecule is Brc1ccc(Sc2c(Br)c(Br)c(Br)c(Br)c2Br)c(Br)c1Br. The molecule has 0 spiro atoms. The van der Waals surface area contributed by atoms with Crippen LogP contribution in [0.3, 0.4) is 0 Å². The molecule has 21 heavy (non-hydrogen) atoms. The quantitative estimate of drug-likeness (QED) is 0.215. The van der Waals surface area contributed by atoms with Gasteiger partial charge in [-0.1, -0.05) is 11.8 Å². The Hall–Kier alpha value is 2.63. The molecule has 0 heterocycles. The van der Waals surface area contributed by atoms with Crippen LogP contribution in [0.15, 0.2) is 57.7 Å². The van der Waals surface area contributed by atoms with Crippen LogP contribution in [0, 0.1) is 0 Å². The molecule has 0 radical (unpaired) electrons. The van der Waals surface area contributed by atoms with E-state index >= 15 is 0 Å². The molecule has 2 aromatic carbocycles. The van der Waals surface area contributed by atoms with Crippen molar-refractivity contribution in [3.8, 4) is 0 Å². The van der Waals surface area contributed by atoms with E-state index in [0.29, 0.717) is 0 Å². The molecular formula is C12H2Br8S. The van der Waals surface area contributed by atoms with E-state index in [1.807, 2.05) is 6.07 Å². The molecule has 0 aliphatic carbocycles. The zero-order chi connectivity index (χ0) is 15.9. The van der Waals surface area contributed by atoms with Gasteiger partial charge in [0.1, 0.15) is 0 Å². The van der Waals surface area contributed by atoms with Crippen molar-refractivity contribution in [3.05, 3.63) is 47.9 Å². The zero-order valence-corrected chi connectivity index (χ0v) is 23.1. The van der Waals surface area contributed by atoms with Crippen LogP contribution in [0.2, 0.25) is 0 Å². The van der Waals surface area contributed by atoms with Crippen molar-refractivity contribution in [1.82, 2.24) is 0 Å². The van der Waals surface area contributed by atoms with Crippen LogP contribution >= 0.6 is 139 Å². The molecule has 0 amide bonds. The summed E-state index contributed by atoms with van der Waals surface area (Å²) in [5, 5.41) is 0. The Bertz CT molecular complexity index is 699. The van der Waals surface area contributed by atoms with E-state index in [-0.39, 0.29) is 0 Å². The predicted molar refractivity (Wildman–Crippen MR) is 119 cm³/mol. The molecule has 2 rings (SSSR count). The van der Waals surface area contributed by atoms with Gasteiger partial charge in [0, 0.05) is 45.6 Å². The third-order valence-corrected chi connectivity index (χ3v) is 13.8. The first-order valence-electron chi connectivity index (χ1n) is 5.08. The van der Waals surface area contributed by atoms with Gasteiger partial charge < -0.3 is 0 Å². The smallest absolute Gasteiger partial charge is 0.0483 e. The van der Waals surface area contributed by atoms with Gasteiger partial charge in [-0.25, -0.2) is 0 Å². The molecule has 2 aromatic rings. The van der Waals surface area contributed by atoms with E-state index < -0.39 is 0 Å². The third-order valence-electron chi connectivity index (χ3n) is 2.38. The lowest BCUT2D eigenvalue weighted by Gasteiger charge is -2.14. The predicted octanol–water partition coefficient (Wildman–Crippen LogP) is 9.94. The highest BCUT2D eigenvalue weighted by Gasteiger charge is 2.20. The van der Waals surface area contributed by atoms with Gasteiger partial charge >= 0.3 is 0 Å². The van der Waals surface area contributed by atoms with Gasteiger partial charge in [0.2, 0.25) is 0 Å². The molecule has 0 aliphatic heterocycles. The molecule has 0 atom stereocenters. The Labute approximate surface area is 194 Å². The zero-order valence-electron chi connectivity index (χ0n) is 9.59. The van der Waals surface area contributed by atoms with Crippen LogP contribution < -0.4 is 0 Å². The highest BCUT2D eigenvalue weighted by atomic mass is 79.9. The van der Waals surface area contributed by atoms with Crippen LogP contribution in [0.5, 0.6) is 0 Å². The molecule has 0 N–H and O–H groups in total. The normalized spacial score (nSPS) is 11.0. The van der Waals surface area contributed by atoms with Gasteiger partial charge in [-0.05, 0) is 140 Å². The maximum Gasteiger partial charge on any atom is 0.0483 e. The Morgan fingerprint density at radius 2 is 1.00 bits per heavy atom. The first kappa shape index (κ1) is 19.9. The topological polar surface area (TPSA) is 0 Å². The van der Waals surface area contributed by atoms with Crippen LogP contribution in [0.4, 0.5) is 0 Å². The van der Waals surface area contributed by atoms with Gasteiger partial charge in [0.25, 0.3) is 0 Å². The molecule has 0 saturated heterocycles. The molecule has 0 unspecified atom stereocenters. The Balaban J connectivity index is 2.58. The molecule has 0 bridgehead atoms. The van der Waals surface area contributed by atoms with Crippen molar-refractivity contribution >= 4 is 139 Å². The monoisotopic (exact) mass is 809 g/mol. The minimum absolute atomic E-state index is 0.960. The van der Waals surface area contributed by atoms with Crippen LogP contribution in [-0.4, -0.2) is 0 Å². The Morgan fingerprint density at radius 1 is 0.524 bits per heavy atom. The molecule has 0 fully saturated rings. The minimum atomic E-state index is 0.960. The molecule has 0 nitrogen and oxygen atoms in total. The van der Waals surface area contributed by atoms with Crippen LogP contribution in [0.1, 0.15) is 0 Å². The fourth-order valence-corrected chi connectivity index (χ4v) is 7.76. The maximum absolute atomic E-state index is 3.65. The van der Waals surface area contributed by atoms with Crippen molar-refractivity contribution in [3.63, 3.8) is 0 Å². The van der Waals surface area contributed by atoms with E-state index in [2.05, 4.69) is 134 Å². The highest BCUT2D eigenvalue weighted by molar-refractivity contribution is 9.16. The van der Waals surface area contributed by atoms with E-state index in [1.165, 1.54) is 0 Å². The van der Waals surface area contributed by atoms with Crippen molar-refractivity contribution in [2.45, 2.75) is 9.79 Å². The Kier molecular flexibility index (Phi) is 7.92. The summed E-state index contributed by atoms with van der Waals surface area (Å²) in [6.45, 7) is 0. The van der Waals surface area contributed by atoms with Crippen molar-refractivity contribution < 1.29 is 0 Å². The fourth-order valence-electron chi connectivity index (χ4n) is 1.37. The number of hydrogen-bond acceptors (Lipinski definition) is 1. The summed E-state index contributed by atoms with van der Waals surface area (Å²) in [4.78, 5) is 2.18. The van der Waals surface area contributed by atoms with E-state index in [0.717, 1.165) is 45.6 Å². The summed E-state index contributed by atoms with van der Waals surface area (Å²) in [5.41, 5.74) is 0. The third kappa shape index (κ3) is 4.25. The second-order valence-corrected chi connectivity index (χ2v) is 11.1. The molecule has 112 valence electrons. The fraction of sp³-hybridized carbons (Fsp3) is 0. The standard InChI is InChI=1S/C12H2Br8S/c13-3-1-2-4(6(15)5(3)14)21-12-10(19)8(17)7(16)9(18)11(12)20/h1-2H. The lowest BCUT2D eigenvalue weighted by Crippen LogP contribution is -1.87. The summed E-state index contributed by atoms with van der Waals surface area (Å²) in [7, 11) is 0. The van der Waals surface area contributed by atoms with Crippen LogP contribution in [-0.2, 0) is 0 Å². The summed E-state index contributed by atoms with van der Waals surface area (Å²) < 4.78 is 7.88. The maximum atomic E-state index is 3.65. The van der Waals surface area contributed by atoms with Crippen LogP contribution in [0.25, 0.3) is 0 Å². The van der Waals surface area contributed by atoms with Gasteiger partial charge in [-0.2, -0.15) is 0 Å². The number of hydrogen-bond donors (Lipinski definition) is 0. The largest absolute Gasteiger partial charge is 0.0864 e. The second-order valence-electron chi connectivity index (χ2n) is 3.67. The van der Waals surface area contributed by atoms with Crippen molar-refractivity contribution in [2.75, 3.05) is 0 Å². The van der Waals surface area contributed by atoms with Gasteiger partial charge in [0.05, 0.1) is 0 Å². The van der Waals surface area contributed by atoms with E-state index in [9.17, 15) is 0 Å². The average molecular weight is 817 g/mol. The molecule has 9 heteroatoms. The highest BCUT2D eigenvalue weighted by Crippen LogP contribution is 2.51. The second kappa shape index (κ2) is 8.34. The van der Waals surface area contributed by atoms with Crippen molar-refractivity contribution in [2.24, 2.45) is 0 Å². The van der Waals surface area contributed by atoms with E-state index in [4.69, 9.17) is 0 Å². The lowest BCUT2D eigenvalue weighted by atomic mass is 10.4. The minimum Gasteiger partial charge on any atom is -0.0864 e. The number of halogens is 8. The van der Waals surface area contributed by atoms with Gasteiger partial charge in [-0.15, -0.1) is 0 Å². The lowest BCUT2D eigenvalue weighted by molar-refractivity contribution is 1.26. The van der Waals surface area contributed by atoms with Gasteiger partial charge in [0.15, 0.2) is 0 Å². The average Bonchev–Trinajstić information content (AvgIpc) is 2.47. The van der Waals surface area contributed by atoms with E-state index in [1.54, 1.807) is 11.8 Å². The number of rotatable bonds is 2. The number of benzene rings is 2. The summed E-state index contributed by atoms with van der Waals surface area (Å²) >= 11 is 30.4. The van der Waals surface area contributed by atoms with Crippen molar-refractivity contribution in [1.29, 1.82) is 0 Å². The molecule has 0 saturated carbocycles. The summed E-state index contributed by atoms with van der Waals surface area (Å²) in [6, 6.07) is 4.08. The first-order valence-corrected chi connectivity index (χ1v) is 12.2. The van der Waals surface area contributed by atoms with Gasteiger partial charge in [-0.3, -0.25) is 0 Å². The first-order chi connectivity index (χ1) is 9.75. The Morgan fingerprint density at radius 3 is 1.52 bits per heavy atom. The summed E-state index contributed by atoms with van der Waals surface area (Å²) in [6.07, 6.45) is 0. The molecular weight excluding hydrogens is 815 g/mol. The molecule has 0 aliphatic rings. The molecule has 0 aromatic heterocycles.